The molecule has 1 aliphatic rings. The summed E-state index contributed by atoms with van der Waals surface area (Å²) in [6, 6.07) is 0. The van der Waals surface area contributed by atoms with Crippen LogP contribution in [0.15, 0.2) is 0 Å². The van der Waals surface area contributed by atoms with Gasteiger partial charge in [0.1, 0.15) is 0 Å². The van der Waals surface area contributed by atoms with Crippen LogP contribution in [0.2, 0.25) is 0 Å². The van der Waals surface area contributed by atoms with Crippen LogP contribution in [0.5, 0.6) is 0 Å². The molecule has 17 heavy (non-hydrogen) atoms. The van der Waals surface area contributed by atoms with E-state index < -0.39 is 0 Å². The summed E-state index contributed by atoms with van der Waals surface area (Å²) in [6.45, 7) is 12.1. The van der Waals surface area contributed by atoms with E-state index in [1.54, 1.807) is 0 Å². The molecular formula is C13H29N2OW-. The first-order valence-corrected chi connectivity index (χ1v) is 6.81. The minimum Gasteiger partial charge on any atom is -0.677 e. The number of likely N-dealkylation sites (tertiary alicyclic amines) is 1. The van der Waals surface area contributed by atoms with Gasteiger partial charge in [0.25, 0.3) is 0 Å². The fourth-order valence-electron chi connectivity index (χ4n) is 1.89. The predicted molar refractivity (Wildman–Crippen MR) is 70.8 cm³/mol. The molecule has 3 nitrogen and oxygen atoms in total. The number of nitrogens with one attached hydrogen (secondary N) is 1. The molecule has 1 heterocycles. The molecule has 1 fully saturated rings. The maximum atomic E-state index is 6.99. The second-order valence-corrected chi connectivity index (χ2v) is 4.06. The summed E-state index contributed by atoms with van der Waals surface area (Å²) in [5.41, 5.74) is 6.99. The van der Waals surface area contributed by atoms with Crippen LogP contribution in [-0.4, -0.2) is 44.3 Å². The van der Waals surface area contributed by atoms with Crippen molar-refractivity contribution in [2.45, 2.75) is 40.0 Å². The minimum absolute atomic E-state index is 0. The first-order valence-electron chi connectivity index (χ1n) is 6.81. The number of hydrogen-bond donors (Lipinski definition) is 0. The third kappa shape index (κ3) is 10.2. The van der Waals surface area contributed by atoms with Crippen molar-refractivity contribution in [1.29, 1.82) is 0 Å². The summed E-state index contributed by atoms with van der Waals surface area (Å²) >= 11 is 0. The molecule has 1 saturated heterocycles. The van der Waals surface area contributed by atoms with Gasteiger partial charge in [-0.15, -0.1) is 6.54 Å². The van der Waals surface area contributed by atoms with Crippen LogP contribution in [0.4, 0.5) is 0 Å². The Morgan fingerprint density at radius 1 is 1.24 bits per heavy atom. The Balaban J connectivity index is 0. The molecule has 0 atom stereocenters. The van der Waals surface area contributed by atoms with Crippen molar-refractivity contribution in [2.24, 2.45) is 5.92 Å². The van der Waals surface area contributed by atoms with Gasteiger partial charge in [0.15, 0.2) is 0 Å². The Bertz CT molecular complexity index is 139. The molecule has 0 bridgehead atoms. The van der Waals surface area contributed by atoms with E-state index in [-0.39, 0.29) is 21.1 Å². The van der Waals surface area contributed by atoms with Crippen molar-refractivity contribution < 1.29 is 25.8 Å². The molecule has 104 valence electrons. The van der Waals surface area contributed by atoms with Crippen LogP contribution in [0.1, 0.15) is 40.0 Å². The van der Waals surface area contributed by atoms with Gasteiger partial charge in [-0.3, -0.25) is 0 Å². The minimum atomic E-state index is 0. The molecule has 1 aliphatic heterocycles. The molecular weight excluding hydrogens is 384 g/mol. The molecule has 0 aromatic rings. The molecule has 1 N–H and O–H groups in total. The summed E-state index contributed by atoms with van der Waals surface area (Å²) in [5, 5.41) is 0. The van der Waals surface area contributed by atoms with Crippen LogP contribution in [0.25, 0.3) is 5.73 Å². The van der Waals surface area contributed by atoms with Crippen LogP contribution in [0, 0.1) is 5.92 Å². The molecule has 0 radical (unpaired) electrons. The third-order valence-corrected chi connectivity index (χ3v) is 2.97. The van der Waals surface area contributed by atoms with Crippen molar-refractivity contribution in [3.05, 3.63) is 5.73 Å². The van der Waals surface area contributed by atoms with Crippen LogP contribution >= 0.6 is 0 Å². The van der Waals surface area contributed by atoms with Crippen molar-refractivity contribution in [3.8, 4) is 0 Å². The topological polar surface area (TPSA) is 36.3 Å². The van der Waals surface area contributed by atoms with Gasteiger partial charge in [-0.25, -0.2) is 0 Å². The number of rotatable bonds is 6. The zero-order valence-corrected chi connectivity index (χ0v) is 14.6. The summed E-state index contributed by atoms with van der Waals surface area (Å²) in [6.07, 6.45) is 3.46. The Labute approximate surface area is 122 Å². The van der Waals surface area contributed by atoms with E-state index in [2.05, 4.69) is 11.8 Å². The normalized spacial score (nSPS) is 16.9. The van der Waals surface area contributed by atoms with E-state index in [9.17, 15) is 0 Å². The molecule has 0 saturated carbocycles. The summed E-state index contributed by atoms with van der Waals surface area (Å²) in [5.74, 6) is 0.767. The molecule has 0 aliphatic carbocycles. The monoisotopic (exact) mass is 413 g/mol. The SMILES string of the molecule is CC.CCN1CCC(COCCC[NH-])CC1.[W]. The van der Waals surface area contributed by atoms with Crippen molar-refractivity contribution in [1.82, 2.24) is 4.90 Å². The molecule has 0 spiro atoms. The van der Waals surface area contributed by atoms with E-state index in [1.807, 2.05) is 13.8 Å². The average molecular weight is 413 g/mol. The predicted octanol–water partition coefficient (Wildman–Crippen LogP) is 3.20. The van der Waals surface area contributed by atoms with E-state index in [1.165, 1.54) is 32.5 Å². The van der Waals surface area contributed by atoms with Gasteiger partial charge in [0.05, 0.1) is 0 Å². The van der Waals surface area contributed by atoms with Crippen molar-refractivity contribution in [3.63, 3.8) is 0 Å². The van der Waals surface area contributed by atoms with Gasteiger partial charge in [-0.2, -0.15) is 0 Å². The number of piperidine rings is 1. The number of nitrogens with zero attached hydrogens (tertiary/aromatic N) is 1. The van der Waals surface area contributed by atoms with Gasteiger partial charge in [0, 0.05) is 34.3 Å². The van der Waals surface area contributed by atoms with E-state index in [0.717, 1.165) is 25.6 Å². The fraction of sp³-hybridized carbons (Fsp3) is 1.00. The van der Waals surface area contributed by atoms with Gasteiger partial charge in [0.2, 0.25) is 0 Å². The smallest absolute Gasteiger partial charge is 0.0495 e. The van der Waals surface area contributed by atoms with Crippen LogP contribution in [-0.2, 0) is 25.8 Å². The molecule has 0 amide bonds. The second-order valence-electron chi connectivity index (χ2n) is 4.06. The first kappa shape index (κ1) is 19.9. The summed E-state index contributed by atoms with van der Waals surface area (Å²) in [4.78, 5) is 2.50. The molecule has 1 rings (SSSR count). The zero-order chi connectivity index (χ0) is 12.2. The van der Waals surface area contributed by atoms with E-state index >= 15 is 0 Å². The molecule has 0 aromatic carbocycles. The summed E-state index contributed by atoms with van der Waals surface area (Å²) < 4.78 is 5.54. The first-order chi connectivity index (χ1) is 7.86. The fourth-order valence-corrected chi connectivity index (χ4v) is 1.89. The van der Waals surface area contributed by atoms with Crippen LogP contribution in [0.3, 0.4) is 0 Å². The molecule has 0 aromatic heterocycles. The maximum Gasteiger partial charge on any atom is 0.0495 e. The summed E-state index contributed by atoms with van der Waals surface area (Å²) in [7, 11) is 0. The maximum absolute atomic E-state index is 6.99. The standard InChI is InChI=1S/C11H23N2O.C2H6.W/c1-2-13-7-4-11(5-8-13)10-14-9-3-6-12;1-2;/h11-12H,2-10H2,1H3;1-2H3;/q-1;;. The van der Waals surface area contributed by atoms with Gasteiger partial charge in [-0.05, 0) is 44.8 Å². The largest absolute Gasteiger partial charge is 0.677 e. The average Bonchev–Trinajstić information content (AvgIpc) is 2.38. The second kappa shape index (κ2) is 14.6. The quantitative estimate of drug-likeness (QED) is 0.628. The molecule has 4 heteroatoms. The zero-order valence-electron chi connectivity index (χ0n) is 11.7. The number of ether oxygens (including phenoxy) is 1. The molecule has 0 unspecified atom stereocenters. The number of hydrogen-bond acceptors (Lipinski definition) is 2. The van der Waals surface area contributed by atoms with Crippen LogP contribution < -0.4 is 0 Å². The van der Waals surface area contributed by atoms with Gasteiger partial charge >= 0.3 is 0 Å². The van der Waals surface area contributed by atoms with E-state index in [0.29, 0.717) is 6.54 Å². The van der Waals surface area contributed by atoms with E-state index in [4.69, 9.17) is 10.5 Å². The Morgan fingerprint density at radius 3 is 2.29 bits per heavy atom. The Hall–Kier alpha value is 0.568. The third-order valence-electron chi connectivity index (χ3n) is 2.97. The Morgan fingerprint density at radius 2 is 1.82 bits per heavy atom. The Kier molecular flexibility index (Phi) is 17.1. The van der Waals surface area contributed by atoms with Gasteiger partial charge < -0.3 is 15.4 Å². The van der Waals surface area contributed by atoms with Crippen molar-refractivity contribution in [2.75, 3.05) is 39.4 Å². The van der Waals surface area contributed by atoms with Gasteiger partial charge in [-0.1, -0.05) is 20.8 Å². The van der Waals surface area contributed by atoms with Crippen molar-refractivity contribution >= 4 is 0 Å².